The molecule has 2 aromatic rings. The second kappa shape index (κ2) is 12.4. The summed E-state index contributed by atoms with van der Waals surface area (Å²) < 4.78 is 5.34. The number of morpholine rings is 1. The Morgan fingerprint density at radius 2 is 1.82 bits per heavy atom. The van der Waals surface area contributed by atoms with Crippen molar-refractivity contribution in [1.29, 1.82) is 0 Å². The fourth-order valence-corrected chi connectivity index (χ4v) is 2.71. The van der Waals surface area contributed by atoms with Crippen molar-refractivity contribution < 1.29 is 15.1 Å². The molecule has 3 rings (SSSR count). The topological polar surface area (TPSA) is 125 Å². The number of rotatable bonds is 6. The first-order valence-corrected chi connectivity index (χ1v) is 8.26. The lowest BCUT2D eigenvalue weighted by Crippen LogP contribution is -2.39. The van der Waals surface area contributed by atoms with Crippen LogP contribution in [-0.2, 0) is 4.74 Å². The molecule has 1 aliphatic rings. The molecule has 1 aromatic heterocycles. The van der Waals surface area contributed by atoms with Crippen molar-refractivity contribution in [2.45, 2.75) is 6.92 Å². The Hall–Kier alpha value is -2.04. The highest BCUT2D eigenvalue weighted by atomic mass is 35.5. The number of nitro groups is 1. The van der Waals surface area contributed by atoms with Crippen LogP contribution in [0.2, 0.25) is 0 Å². The van der Waals surface area contributed by atoms with Crippen LogP contribution in [0.15, 0.2) is 30.3 Å². The Kier molecular flexibility index (Phi) is 11.5. The van der Waals surface area contributed by atoms with Gasteiger partial charge in [0.25, 0.3) is 5.69 Å². The lowest BCUT2D eigenvalue weighted by Gasteiger charge is -2.26. The Morgan fingerprint density at radius 1 is 1.18 bits per heavy atom. The van der Waals surface area contributed by atoms with Gasteiger partial charge in [-0.2, -0.15) is 0 Å². The largest absolute Gasteiger partial charge is 0.412 e. The van der Waals surface area contributed by atoms with Gasteiger partial charge in [-0.25, -0.2) is 0 Å². The zero-order chi connectivity index (χ0) is 17.6. The molecule has 0 bridgehead atoms. The predicted molar refractivity (Wildman–Crippen MR) is 113 cm³/mol. The molecule has 3 N–H and O–H groups in total. The summed E-state index contributed by atoms with van der Waals surface area (Å²) in [4.78, 5) is 12.7. The standard InChI is InChI=1S/C17H21N5O3.2ClH.H2O/c1-13-12-16(14-2-4-15(5-3-14)22(23)24)19-20-17(13)18-6-7-21-8-10-25-11-9-21;;;/h2-5,12H,6-11H2,1H3,(H,18,20);2*1H;1H2. The summed E-state index contributed by atoms with van der Waals surface area (Å²) in [5.74, 6) is 0.763. The smallest absolute Gasteiger partial charge is 0.269 e. The van der Waals surface area contributed by atoms with Crippen molar-refractivity contribution in [2.75, 3.05) is 44.7 Å². The molecule has 156 valence electrons. The molecule has 1 aliphatic heterocycles. The molecule has 2 heterocycles. The highest BCUT2D eigenvalue weighted by Crippen LogP contribution is 2.22. The average molecular weight is 434 g/mol. The third-order valence-corrected chi connectivity index (χ3v) is 4.18. The maximum absolute atomic E-state index is 10.7. The summed E-state index contributed by atoms with van der Waals surface area (Å²) in [6, 6.07) is 8.26. The van der Waals surface area contributed by atoms with Crippen molar-refractivity contribution in [2.24, 2.45) is 0 Å². The molecular weight excluding hydrogens is 409 g/mol. The van der Waals surface area contributed by atoms with Crippen molar-refractivity contribution in [1.82, 2.24) is 15.1 Å². The number of hydrogen-bond acceptors (Lipinski definition) is 7. The van der Waals surface area contributed by atoms with Gasteiger partial charge in [0.1, 0.15) is 0 Å². The SMILES string of the molecule is Cc1cc(-c2ccc([N+](=O)[O-])cc2)nnc1NCCN1CCOCC1.Cl.Cl.O. The van der Waals surface area contributed by atoms with Gasteiger partial charge in [-0.3, -0.25) is 15.0 Å². The number of anilines is 1. The molecule has 0 amide bonds. The zero-order valence-corrected chi connectivity index (χ0v) is 17.1. The quantitative estimate of drug-likeness (QED) is 0.545. The molecule has 28 heavy (non-hydrogen) atoms. The van der Waals surface area contributed by atoms with E-state index in [1.807, 2.05) is 13.0 Å². The molecule has 1 fully saturated rings. The summed E-state index contributed by atoms with van der Waals surface area (Å²) in [5.41, 5.74) is 2.56. The van der Waals surface area contributed by atoms with E-state index >= 15 is 0 Å². The van der Waals surface area contributed by atoms with Gasteiger partial charge in [0.15, 0.2) is 5.82 Å². The van der Waals surface area contributed by atoms with Gasteiger partial charge in [0, 0.05) is 43.9 Å². The molecule has 11 heteroatoms. The summed E-state index contributed by atoms with van der Waals surface area (Å²) in [6.45, 7) is 7.23. The van der Waals surface area contributed by atoms with Crippen molar-refractivity contribution in [3.8, 4) is 11.3 Å². The second-order valence-corrected chi connectivity index (χ2v) is 5.95. The Labute approximate surface area is 175 Å². The van der Waals surface area contributed by atoms with Gasteiger partial charge in [-0.1, -0.05) is 0 Å². The third-order valence-electron chi connectivity index (χ3n) is 4.18. The molecule has 0 aliphatic carbocycles. The van der Waals surface area contributed by atoms with E-state index in [2.05, 4.69) is 20.4 Å². The fourth-order valence-electron chi connectivity index (χ4n) is 2.71. The molecule has 0 unspecified atom stereocenters. The van der Waals surface area contributed by atoms with Gasteiger partial charge in [-0.05, 0) is 30.7 Å². The van der Waals surface area contributed by atoms with Gasteiger partial charge >= 0.3 is 0 Å². The van der Waals surface area contributed by atoms with E-state index in [0.29, 0.717) is 5.69 Å². The molecule has 1 saturated heterocycles. The summed E-state index contributed by atoms with van der Waals surface area (Å²) >= 11 is 0. The van der Waals surface area contributed by atoms with Crippen molar-refractivity contribution >= 4 is 36.3 Å². The molecule has 0 atom stereocenters. The number of non-ortho nitro benzene ring substituents is 1. The van der Waals surface area contributed by atoms with E-state index in [0.717, 1.165) is 56.3 Å². The number of aromatic nitrogens is 2. The Bertz CT molecular complexity index is 743. The van der Waals surface area contributed by atoms with E-state index < -0.39 is 4.92 Å². The number of nitro benzene ring substituents is 1. The maximum atomic E-state index is 10.7. The fraction of sp³-hybridized carbons (Fsp3) is 0.412. The first-order chi connectivity index (χ1) is 12.1. The van der Waals surface area contributed by atoms with E-state index in [9.17, 15) is 10.1 Å². The van der Waals surface area contributed by atoms with E-state index in [4.69, 9.17) is 4.74 Å². The zero-order valence-electron chi connectivity index (χ0n) is 15.5. The van der Waals surface area contributed by atoms with Crippen LogP contribution in [0, 0.1) is 17.0 Å². The van der Waals surface area contributed by atoms with Gasteiger partial charge < -0.3 is 15.5 Å². The van der Waals surface area contributed by atoms with E-state index in [-0.39, 0.29) is 36.0 Å². The third kappa shape index (κ3) is 6.84. The minimum Gasteiger partial charge on any atom is -0.412 e. The second-order valence-electron chi connectivity index (χ2n) is 5.95. The van der Waals surface area contributed by atoms with Gasteiger partial charge in [-0.15, -0.1) is 35.0 Å². The van der Waals surface area contributed by atoms with Crippen LogP contribution >= 0.6 is 24.8 Å². The average Bonchev–Trinajstić information content (AvgIpc) is 2.64. The first kappa shape index (κ1) is 26.0. The van der Waals surface area contributed by atoms with Crippen LogP contribution in [0.1, 0.15) is 5.56 Å². The van der Waals surface area contributed by atoms with Crippen LogP contribution in [0.25, 0.3) is 11.3 Å². The summed E-state index contributed by atoms with van der Waals surface area (Å²) in [6.07, 6.45) is 0. The van der Waals surface area contributed by atoms with Crippen LogP contribution in [0.4, 0.5) is 11.5 Å². The van der Waals surface area contributed by atoms with E-state index in [1.54, 1.807) is 12.1 Å². The van der Waals surface area contributed by atoms with Crippen LogP contribution in [0.3, 0.4) is 0 Å². The number of halogens is 2. The molecule has 9 nitrogen and oxygen atoms in total. The number of ether oxygens (including phenoxy) is 1. The normalized spacial score (nSPS) is 13.5. The number of nitrogens with one attached hydrogen (secondary N) is 1. The predicted octanol–water partition coefficient (Wildman–Crippen LogP) is 2.12. The van der Waals surface area contributed by atoms with Crippen LogP contribution in [0.5, 0.6) is 0 Å². The van der Waals surface area contributed by atoms with Crippen molar-refractivity contribution in [3.63, 3.8) is 0 Å². The minimum atomic E-state index is -0.414. The minimum absolute atomic E-state index is 0. The highest BCUT2D eigenvalue weighted by Gasteiger charge is 2.11. The monoisotopic (exact) mass is 433 g/mol. The molecule has 0 radical (unpaired) electrons. The van der Waals surface area contributed by atoms with Gasteiger partial charge in [0.2, 0.25) is 0 Å². The van der Waals surface area contributed by atoms with E-state index in [1.165, 1.54) is 12.1 Å². The van der Waals surface area contributed by atoms with Crippen molar-refractivity contribution in [3.05, 3.63) is 46.0 Å². The lowest BCUT2D eigenvalue weighted by atomic mass is 10.1. The molecular formula is C17H25Cl2N5O4. The Morgan fingerprint density at radius 3 is 2.39 bits per heavy atom. The van der Waals surface area contributed by atoms with Crippen LogP contribution in [-0.4, -0.2) is 64.9 Å². The van der Waals surface area contributed by atoms with Crippen LogP contribution < -0.4 is 5.32 Å². The number of hydrogen-bond donors (Lipinski definition) is 1. The molecule has 1 aromatic carbocycles. The number of nitrogens with zero attached hydrogens (tertiary/aromatic N) is 4. The van der Waals surface area contributed by atoms with Gasteiger partial charge in [0.05, 0.1) is 23.8 Å². The summed E-state index contributed by atoms with van der Waals surface area (Å²) in [5, 5.41) is 22.5. The number of benzene rings is 1. The number of aryl methyl sites for hydroxylation is 1. The molecule has 0 saturated carbocycles. The molecule has 0 spiro atoms. The first-order valence-electron chi connectivity index (χ1n) is 8.26. The summed E-state index contributed by atoms with van der Waals surface area (Å²) in [7, 11) is 0. The Balaban J connectivity index is 0.00000243. The lowest BCUT2D eigenvalue weighted by molar-refractivity contribution is -0.384. The highest BCUT2D eigenvalue weighted by molar-refractivity contribution is 5.85. The maximum Gasteiger partial charge on any atom is 0.269 e.